The smallest absolute Gasteiger partial charge is 0.166 e. The van der Waals surface area contributed by atoms with Crippen LogP contribution in [0.15, 0.2) is 61.3 Å². The van der Waals surface area contributed by atoms with Crippen molar-refractivity contribution >= 4 is 28.2 Å². The van der Waals surface area contributed by atoms with E-state index in [1.54, 1.807) is 18.2 Å². The molecule has 5 aliphatic rings. The molecular weight excluding hydrogens is 597 g/mol. The van der Waals surface area contributed by atoms with Crippen LogP contribution < -0.4 is 15.4 Å². The highest BCUT2D eigenvalue weighted by Gasteiger charge is 2.52. The van der Waals surface area contributed by atoms with Crippen LogP contribution in [-0.4, -0.2) is 47.8 Å². The third kappa shape index (κ3) is 5.88. The van der Waals surface area contributed by atoms with Gasteiger partial charge in [-0.2, -0.15) is 0 Å². The summed E-state index contributed by atoms with van der Waals surface area (Å²) >= 11 is 6.20. The fourth-order valence-electron chi connectivity index (χ4n) is 10.3. The van der Waals surface area contributed by atoms with Gasteiger partial charge in [0, 0.05) is 30.7 Å². The largest absolute Gasteiger partial charge is 0.497 e. The topological polar surface area (TPSA) is 49.4 Å². The molecule has 0 amide bonds. The summed E-state index contributed by atoms with van der Waals surface area (Å²) in [5.41, 5.74) is 7.27. The molecule has 5 nitrogen and oxygen atoms in total. The van der Waals surface area contributed by atoms with Gasteiger partial charge in [0.05, 0.1) is 18.7 Å². The third-order valence-corrected chi connectivity index (χ3v) is 13.2. The first kappa shape index (κ1) is 32.6. The molecule has 250 valence electrons. The van der Waals surface area contributed by atoms with Gasteiger partial charge in [0.2, 0.25) is 0 Å². The number of hydrogen-bond donors (Lipinski definition) is 2. The van der Waals surface area contributed by atoms with Gasteiger partial charge in [-0.1, -0.05) is 58.4 Å². The van der Waals surface area contributed by atoms with E-state index in [-0.39, 0.29) is 16.9 Å². The fraction of sp³-hybridized carbons (Fsp3) is 0.561. The average molecular weight is 651 g/mol. The third-order valence-electron chi connectivity index (χ3n) is 13.0. The van der Waals surface area contributed by atoms with E-state index in [9.17, 15) is 0 Å². The van der Waals surface area contributed by atoms with Crippen molar-refractivity contribution < 1.29 is 4.74 Å². The number of nitrogens with one attached hydrogen (secondary N) is 2. The van der Waals surface area contributed by atoms with Crippen molar-refractivity contribution in [3.63, 3.8) is 0 Å². The van der Waals surface area contributed by atoms with Crippen molar-refractivity contribution in [2.24, 2.45) is 23.2 Å². The van der Waals surface area contributed by atoms with E-state index in [4.69, 9.17) is 21.9 Å². The highest BCUT2D eigenvalue weighted by Crippen LogP contribution is 2.57. The number of aromatic nitrogens is 1. The molecule has 4 heterocycles. The molecule has 3 aromatic rings. The van der Waals surface area contributed by atoms with Gasteiger partial charge in [-0.15, -0.1) is 6.58 Å². The number of methoxy groups -OCH3 is 1. The van der Waals surface area contributed by atoms with Crippen molar-refractivity contribution in [2.45, 2.75) is 96.1 Å². The molecule has 3 aliphatic heterocycles. The highest BCUT2D eigenvalue weighted by molar-refractivity contribution is 7.80. The minimum absolute atomic E-state index is 0.0438. The maximum atomic E-state index is 6.20. The lowest BCUT2D eigenvalue weighted by Crippen LogP contribution is -2.59. The van der Waals surface area contributed by atoms with Gasteiger partial charge in [-0.3, -0.25) is 9.88 Å². The molecule has 6 heteroatoms. The molecule has 3 saturated heterocycles. The average Bonchev–Trinajstić information content (AvgIpc) is 3.09. The first-order chi connectivity index (χ1) is 22.6. The SMILES string of the molecule is C=CC1CN2CCC1CC2C(NC(=S)NC[C@]1(C)CCC[C@]2(C)c3ccc(C(C)C)cc3CCC12)c1ccnc2ccc(OC)cc12. The van der Waals surface area contributed by atoms with Crippen LogP contribution in [0.4, 0.5) is 0 Å². The van der Waals surface area contributed by atoms with Gasteiger partial charge in [0.15, 0.2) is 5.11 Å². The van der Waals surface area contributed by atoms with Crippen molar-refractivity contribution in [3.8, 4) is 5.75 Å². The number of thiocarbonyl (C=S) groups is 1. The minimum Gasteiger partial charge on any atom is -0.497 e. The van der Waals surface area contributed by atoms with Crippen LogP contribution >= 0.6 is 12.2 Å². The number of benzene rings is 2. The van der Waals surface area contributed by atoms with Gasteiger partial charge in [0.1, 0.15) is 5.75 Å². The standard InChI is InChI=1S/C41H54N4OS/c1-7-27-24-45-20-16-29(27)22-36(45)38(32-15-19-42-35-13-11-31(46-6)23-33(32)35)44-39(47)43-25-40(4)17-8-18-41(5)34-12-9-28(26(2)3)21-30(34)10-14-37(40)41/h7,9,11-13,15,19,21,23,26-27,29,36-38H,1,8,10,14,16-18,20,22,24-25H2,2-6H3,(H2,43,44,47)/t27?,29?,36?,37?,38?,40-,41+/m0/s1. The second-order valence-electron chi connectivity index (χ2n) is 15.9. The lowest BCUT2D eigenvalue weighted by atomic mass is 9.49. The fourth-order valence-corrected chi connectivity index (χ4v) is 10.5. The van der Waals surface area contributed by atoms with E-state index < -0.39 is 0 Å². The summed E-state index contributed by atoms with van der Waals surface area (Å²) < 4.78 is 5.66. The molecule has 8 rings (SSSR count). The van der Waals surface area contributed by atoms with Crippen molar-refractivity contribution in [2.75, 3.05) is 26.7 Å². The van der Waals surface area contributed by atoms with E-state index >= 15 is 0 Å². The molecule has 1 aromatic heterocycles. The van der Waals surface area contributed by atoms with Crippen LogP contribution in [0.1, 0.15) is 100 Å². The first-order valence-electron chi connectivity index (χ1n) is 18.1. The molecule has 0 spiro atoms. The van der Waals surface area contributed by atoms with Crippen LogP contribution in [0.2, 0.25) is 0 Å². The Morgan fingerprint density at radius 3 is 2.74 bits per heavy atom. The monoisotopic (exact) mass is 650 g/mol. The molecule has 1 saturated carbocycles. The molecule has 47 heavy (non-hydrogen) atoms. The lowest BCUT2D eigenvalue weighted by Gasteiger charge is -2.56. The maximum Gasteiger partial charge on any atom is 0.166 e. The quantitative estimate of drug-likeness (QED) is 0.188. The Labute approximate surface area is 287 Å². The number of pyridine rings is 1. The molecule has 2 bridgehead atoms. The highest BCUT2D eigenvalue weighted by atomic mass is 32.1. The predicted molar refractivity (Wildman–Crippen MR) is 198 cm³/mol. The Balaban J connectivity index is 1.14. The van der Waals surface area contributed by atoms with Crippen LogP contribution in [0.5, 0.6) is 5.75 Å². The number of fused-ring (bicyclic) bond motifs is 7. The number of aryl methyl sites for hydroxylation is 1. The number of hydrogen-bond acceptors (Lipinski definition) is 4. The summed E-state index contributed by atoms with van der Waals surface area (Å²) in [6.45, 7) is 17.0. The molecule has 2 aliphatic carbocycles. The normalized spacial score (nSPS) is 31.9. The summed E-state index contributed by atoms with van der Waals surface area (Å²) in [5.74, 6) is 3.28. The van der Waals surface area contributed by atoms with E-state index in [1.165, 1.54) is 49.7 Å². The van der Waals surface area contributed by atoms with Crippen LogP contribution in [0.3, 0.4) is 0 Å². The molecule has 2 N–H and O–H groups in total. The van der Waals surface area contributed by atoms with Gasteiger partial charge in [-0.05, 0) is 138 Å². The van der Waals surface area contributed by atoms with Crippen molar-refractivity contribution in [1.29, 1.82) is 0 Å². The molecular formula is C41H54N4OS. The van der Waals surface area contributed by atoms with Crippen molar-refractivity contribution in [1.82, 2.24) is 20.5 Å². The zero-order valence-electron chi connectivity index (χ0n) is 29.1. The van der Waals surface area contributed by atoms with Gasteiger partial charge in [-0.25, -0.2) is 0 Å². The van der Waals surface area contributed by atoms with E-state index in [0.717, 1.165) is 47.8 Å². The number of ether oxygens (including phenoxy) is 1. The number of rotatable bonds is 8. The zero-order chi connectivity index (χ0) is 32.9. The van der Waals surface area contributed by atoms with Gasteiger partial charge in [0.25, 0.3) is 0 Å². The molecule has 0 radical (unpaired) electrons. The Kier molecular flexibility index (Phi) is 8.88. The lowest BCUT2D eigenvalue weighted by molar-refractivity contribution is 0.00407. The van der Waals surface area contributed by atoms with E-state index in [2.05, 4.69) is 92.3 Å². The summed E-state index contributed by atoms with van der Waals surface area (Å²) in [7, 11) is 1.73. The Hall–Kier alpha value is -2.96. The van der Waals surface area contributed by atoms with Gasteiger partial charge >= 0.3 is 0 Å². The number of piperidine rings is 3. The van der Waals surface area contributed by atoms with E-state index in [0.29, 0.717) is 29.7 Å². The Morgan fingerprint density at radius 2 is 2.00 bits per heavy atom. The second kappa shape index (κ2) is 12.8. The van der Waals surface area contributed by atoms with Crippen LogP contribution in [0.25, 0.3) is 10.9 Å². The maximum absolute atomic E-state index is 6.20. The Bertz CT molecular complexity index is 1650. The first-order valence-corrected chi connectivity index (χ1v) is 18.5. The minimum atomic E-state index is 0.0438. The molecule has 2 aromatic carbocycles. The predicted octanol–water partition coefficient (Wildman–Crippen LogP) is 8.48. The second-order valence-corrected chi connectivity index (χ2v) is 16.3. The van der Waals surface area contributed by atoms with Crippen LogP contribution in [0, 0.1) is 23.2 Å². The van der Waals surface area contributed by atoms with Gasteiger partial charge < -0.3 is 15.4 Å². The Morgan fingerprint density at radius 1 is 1.15 bits per heavy atom. The molecule has 6 unspecified atom stereocenters. The van der Waals surface area contributed by atoms with Crippen molar-refractivity contribution in [3.05, 3.63) is 83.6 Å². The molecule has 8 atom stereocenters. The summed E-state index contributed by atoms with van der Waals surface area (Å²) in [4.78, 5) is 7.40. The zero-order valence-corrected chi connectivity index (χ0v) is 30.0. The summed E-state index contributed by atoms with van der Waals surface area (Å²) in [5, 5.41) is 9.61. The summed E-state index contributed by atoms with van der Waals surface area (Å²) in [6, 6.07) is 16.2. The summed E-state index contributed by atoms with van der Waals surface area (Å²) in [6.07, 6.45) is 12.7. The van der Waals surface area contributed by atoms with Crippen LogP contribution in [-0.2, 0) is 11.8 Å². The number of nitrogens with zero attached hydrogens (tertiary/aromatic N) is 2. The van der Waals surface area contributed by atoms with E-state index in [1.807, 2.05) is 12.3 Å². The molecule has 4 fully saturated rings.